The molecule has 0 aliphatic heterocycles. The number of hydrogen-bond acceptors (Lipinski definition) is 4. The molecule has 1 aromatic heterocycles. The summed E-state index contributed by atoms with van der Waals surface area (Å²) in [6, 6.07) is 0. The molecule has 90 valence electrons. The van der Waals surface area contributed by atoms with Crippen molar-refractivity contribution >= 4 is 5.91 Å². The highest BCUT2D eigenvalue weighted by Gasteiger charge is 2.13. The van der Waals surface area contributed by atoms with Gasteiger partial charge in [0, 0.05) is 19.0 Å². The summed E-state index contributed by atoms with van der Waals surface area (Å²) in [5.41, 5.74) is 5.49. The average molecular weight is 225 g/mol. The van der Waals surface area contributed by atoms with E-state index in [0.29, 0.717) is 19.4 Å². The van der Waals surface area contributed by atoms with Crippen molar-refractivity contribution in [2.45, 2.75) is 38.8 Å². The summed E-state index contributed by atoms with van der Waals surface area (Å²) in [5, 5.41) is 10.4. The highest BCUT2D eigenvalue weighted by molar-refractivity contribution is 5.75. The molecule has 1 rings (SSSR count). The van der Waals surface area contributed by atoms with Crippen LogP contribution >= 0.6 is 0 Å². The molecule has 6 nitrogen and oxygen atoms in total. The second-order valence-electron chi connectivity index (χ2n) is 4.62. The van der Waals surface area contributed by atoms with Crippen molar-refractivity contribution in [3.05, 3.63) is 12.2 Å². The second kappa shape index (κ2) is 5.07. The molecule has 0 atom stereocenters. The SMILES string of the molecule is Cn1cnnc1CNC(=O)CCC(C)(C)N. The van der Waals surface area contributed by atoms with Gasteiger partial charge in [0.1, 0.15) is 6.33 Å². The first kappa shape index (κ1) is 12.6. The molecule has 0 spiro atoms. The van der Waals surface area contributed by atoms with Crippen LogP contribution in [-0.2, 0) is 18.4 Å². The number of amides is 1. The summed E-state index contributed by atoms with van der Waals surface area (Å²) in [5.74, 6) is 0.724. The minimum Gasteiger partial charge on any atom is -0.349 e. The molecule has 0 saturated heterocycles. The third-order valence-electron chi connectivity index (χ3n) is 2.25. The average Bonchev–Trinajstić information content (AvgIpc) is 2.57. The van der Waals surface area contributed by atoms with Gasteiger partial charge in [0.2, 0.25) is 5.91 Å². The first-order chi connectivity index (χ1) is 7.38. The molecule has 0 aliphatic carbocycles. The largest absolute Gasteiger partial charge is 0.349 e. The predicted molar refractivity (Wildman–Crippen MR) is 60.4 cm³/mol. The van der Waals surface area contributed by atoms with E-state index < -0.39 is 0 Å². The van der Waals surface area contributed by atoms with Gasteiger partial charge < -0.3 is 15.6 Å². The quantitative estimate of drug-likeness (QED) is 0.735. The number of nitrogens with one attached hydrogen (secondary N) is 1. The number of nitrogens with zero attached hydrogens (tertiary/aromatic N) is 3. The van der Waals surface area contributed by atoms with Crippen molar-refractivity contribution < 1.29 is 4.79 Å². The van der Waals surface area contributed by atoms with Gasteiger partial charge in [0.25, 0.3) is 0 Å². The van der Waals surface area contributed by atoms with E-state index in [0.717, 1.165) is 5.82 Å². The second-order valence-corrected chi connectivity index (χ2v) is 4.62. The van der Waals surface area contributed by atoms with Crippen LogP contribution in [0.4, 0.5) is 0 Å². The number of carbonyl (C=O) groups is 1. The predicted octanol–water partition coefficient (Wildman–Crippen LogP) is -0.0512. The Morgan fingerprint density at radius 3 is 2.81 bits per heavy atom. The van der Waals surface area contributed by atoms with Crippen LogP contribution in [0.15, 0.2) is 6.33 Å². The molecular weight excluding hydrogens is 206 g/mol. The van der Waals surface area contributed by atoms with Gasteiger partial charge in [-0.05, 0) is 20.3 Å². The lowest BCUT2D eigenvalue weighted by Gasteiger charge is -2.17. The Bertz CT molecular complexity index is 352. The first-order valence-corrected chi connectivity index (χ1v) is 5.27. The summed E-state index contributed by atoms with van der Waals surface area (Å²) < 4.78 is 1.77. The fraction of sp³-hybridized carbons (Fsp3) is 0.700. The minimum absolute atomic E-state index is 0.0125. The molecule has 6 heteroatoms. The maximum Gasteiger partial charge on any atom is 0.220 e. The highest BCUT2D eigenvalue weighted by Crippen LogP contribution is 2.06. The number of nitrogens with two attached hydrogens (primary N) is 1. The van der Waals surface area contributed by atoms with Gasteiger partial charge in [-0.3, -0.25) is 4.79 Å². The van der Waals surface area contributed by atoms with Crippen LogP contribution in [0.25, 0.3) is 0 Å². The van der Waals surface area contributed by atoms with E-state index in [9.17, 15) is 4.79 Å². The van der Waals surface area contributed by atoms with Gasteiger partial charge in [0.15, 0.2) is 5.82 Å². The molecular formula is C10H19N5O. The maximum absolute atomic E-state index is 11.5. The van der Waals surface area contributed by atoms with E-state index in [1.54, 1.807) is 10.9 Å². The Labute approximate surface area is 95.2 Å². The molecule has 1 amide bonds. The molecule has 1 aromatic rings. The Morgan fingerprint density at radius 2 is 2.31 bits per heavy atom. The molecule has 0 unspecified atom stereocenters. The molecule has 0 fully saturated rings. The molecule has 16 heavy (non-hydrogen) atoms. The van der Waals surface area contributed by atoms with Crippen LogP contribution < -0.4 is 11.1 Å². The summed E-state index contributed by atoms with van der Waals surface area (Å²) in [6.45, 7) is 4.21. The highest BCUT2D eigenvalue weighted by atomic mass is 16.1. The van der Waals surface area contributed by atoms with Crippen LogP contribution in [0.1, 0.15) is 32.5 Å². The molecule has 0 aliphatic rings. The Kier molecular flexibility index (Phi) is 4.00. The van der Waals surface area contributed by atoms with Gasteiger partial charge >= 0.3 is 0 Å². The minimum atomic E-state index is -0.303. The third kappa shape index (κ3) is 4.39. The smallest absolute Gasteiger partial charge is 0.220 e. The van der Waals surface area contributed by atoms with Crippen molar-refractivity contribution in [2.24, 2.45) is 12.8 Å². The van der Waals surface area contributed by atoms with Gasteiger partial charge in [0.05, 0.1) is 6.54 Å². The number of rotatable bonds is 5. The lowest BCUT2D eigenvalue weighted by atomic mass is 10.00. The van der Waals surface area contributed by atoms with E-state index >= 15 is 0 Å². The number of aryl methyl sites for hydroxylation is 1. The monoisotopic (exact) mass is 225 g/mol. The van der Waals surface area contributed by atoms with E-state index in [1.165, 1.54) is 0 Å². The fourth-order valence-corrected chi connectivity index (χ4v) is 1.17. The molecule has 0 aromatic carbocycles. The zero-order chi connectivity index (χ0) is 12.2. The zero-order valence-electron chi connectivity index (χ0n) is 10.0. The van der Waals surface area contributed by atoms with Gasteiger partial charge in [-0.2, -0.15) is 0 Å². The van der Waals surface area contributed by atoms with Gasteiger partial charge in [-0.1, -0.05) is 0 Å². The van der Waals surface area contributed by atoms with E-state index in [4.69, 9.17) is 5.73 Å². The molecule has 1 heterocycles. The first-order valence-electron chi connectivity index (χ1n) is 5.27. The standard InChI is InChI=1S/C10H19N5O/c1-10(2,11)5-4-9(16)12-6-8-14-13-7-15(8)3/h7H,4-6,11H2,1-3H3,(H,12,16). The van der Waals surface area contributed by atoms with E-state index in [-0.39, 0.29) is 11.4 Å². The summed E-state index contributed by atoms with van der Waals surface area (Å²) in [4.78, 5) is 11.5. The van der Waals surface area contributed by atoms with Crippen LogP contribution in [-0.4, -0.2) is 26.2 Å². The lowest BCUT2D eigenvalue weighted by Crippen LogP contribution is -2.34. The summed E-state index contributed by atoms with van der Waals surface area (Å²) in [7, 11) is 1.84. The molecule has 0 radical (unpaired) electrons. The maximum atomic E-state index is 11.5. The lowest BCUT2D eigenvalue weighted by molar-refractivity contribution is -0.121. The van der Waals surface area contributed by atoms with Crippen molar-refractivity contribution in [3.63, 3.8) is 0 Å². The van der Waals surface area contributed by atoms with Crippen molar-refractivity contribution in [2.75, 3.05) is 0 Å². The van der Waals surface area contributed by atoms with E-state index in [2.05, 4.69) is 15.5 Å². The Morgan fingerprint density at radius 1 is 1.62 bits per heavy atom. The van der Waals surface area contributed by atoms with Gasteiger partial charge in [-0.15, -0.1) is 10.2 Å². The summed E-state index contributed by atoms with van der Waals surface area (Å²) >= 11 is 0. The molecule has 0 saturated carbocycles. The van der Waals surface area contributed by atoms with Crippen molar-refractivity contribution in [1.82, 2.24) is 20.1 Å². The number of carbonyl (C=O) groups excluding carboxylic acids is 1. The van der Waals surface area contributed by atoms with Crippen LogP contribution in [0.2, 0.25) is 0 Å². The van der Waals surface area contributed by atoms with Gasteiger partial charge in [-0.25, -0.2) is 0 Å². The Balaban J connectivity index is 2.29. The van der Waals surface area contributed by atoms with Crippen molar-refractivity contribution in [1.29, 1.82) is 0 Å². The topological polar surface area (TPSA) is 85.8 Å². The fourth-order valence-electron chi connectivity index (χ4n) is 1.17. The Hall–Kier alpha value is -1.43. The van der Waals surface area contributed by atoms with E-state index in [1.807, 2.05) is 20.9 Å². The van der Waals surface area contributed by atoms with Crippen LogP contribution in [0.3, 0.4) is 0 Å². The van der Waals surface area contributed by atoms with Crippen LogP contribution in [0, 0.1) is 0 Å². The third-order valence-corrected chi connectivity index (χ3v) is 2.25. The molecule has 3 N–H and O–H groups in total. The normalized spacial score (nSPS) is 11.5. The zero-order valence-corrected chi connectivity index (χ0v) is 10.0. The molecule has 0 bridgehead atoms. The number of aromatic nitrogens is 3. The summed E-state index contributed by atoms with van der Waals surface area (Å²) in [6.07, 6.45) is 2.70. The van der Waals surface area contributed by atoms with Crippen molar-refractivity contribution in [3.8, 4) is 0 Å². The van der Waals surface area contributed by atoms with Crippen LogP contribution in [0.5, 0.6) is 0 Å². The number of hydrogen-bond donors (Lipinski definition) is 2.